The third-order valence-corrected chi connectivity index (χ3v) is 3.30. The highest BCUT2D eigenvalue weighted by Crippen LogP contribution is 2.21. The number of rotatable bonds is 4. The lowest BCUT2D eigenvalue weighted by molar-refractivity contribution is -0.386. The van der Waals surface area contributed by atoms with Crippen molar-refractivity contribution in [2.24, 2.45) is 0 Å². The molecule has 0 N–H and O–H groups in total. The third kappa shape index (κ3) is 3.29. The van der Waals surface area contributed by atoms with Gasteiger partial charge >= 0.3 is 11.2 Å². The molecule has 0 saturated heterocycles. The third-order valence-electron chi connectivity index (χ3n) is 2.74. The predicted molar refractivity (Wildman–Crippen MR) is 78.1 cm³/mol. The van der Waals surface area contributed by atoms with Crippen molar-refractivity contribution in [2.75, 3.05) is 0 Å². The maximum atomic E-state index is 12.1. The van der Waals surface area contributed by atoms with Gasteiger partial charge in [0.2, 0.25) is 0 Å². The fourth-order valence-electron chi connectivity index (χ4n) is 1.74. The van der Waals surface area contributed by atoms with Crippen LogP contribution < -0.4 is 5.56 Å². The van der Waals surface area contributed by atoms with E-state index in [-0.39, 0.29) is 17.1 Å². The molecule has 1 aromatic carbocycles. The number of benzene rings is 1. The van der Waals surface area contributed by atoms with Crippen LogP contribution in [0, 0.1) is 10.1 Å². The summed E-state index contributed by atoms with van der Waals surface area (Å²) in [7, 11) is 0. The van der Waals surface area contributed by atoms with Crippen LogP contribution in [0.3, 0.4) is 0 Å². The average molecular weight is 327 g/mol. The molecule has 8 heteroatoms. The Morgan fingerprint density at radius 3 is 2.67 bits per heavy atom. The second kappa shape index (κ2) is 6.07. The van der Waals surface area contributed by atoms with Crippen LogP contribution in [-0.4, -0.2) is 15.3 Å². The molecular formula is C13H8Cl2N2O4. The second-order valence-electron chi connectivity index (χ2n) is 4.13. The van der Waals surface area contributed by atoms with Crippen molar-refractivity contribution in [3.05, 3.63) is 72.6 Å². The van der Waals surface area contributed by atoms with Crippen LogP contribution in [-0.2, 0) is 6.54 Å². The van der Waals surface area contributed by atoms with E-state index in [0.29, 0.717) is 5.02 Å². The van der Waals surface area contributed by atoms with Gasteiger partial charge in [-0.1, -0.05) is 23.2 Å². The van der Waals surface area contributed by atoms with Crippen molar-refractivity contribution in [1.82, 2.24) is 4.57 Å². The van der Waals surface area contributed by atoms with Gasteiger partial charge in [-0.3, -0.25) is 19.7 Å². The first-order valence-electron chi connectivity index (χ1n) is 5.72. The predicted octanol–water partition coefficient (Wildman–Crippen LogP) is 2.95. The molecule has 0 atom stereocenters. The highest BCUT2D eigenvalue weighted by atomic mass is 35.5. The second-order valence-corrected chi connectivity index (χ2v) is 4.97. The zero-order chi connectivity index (χ0) is 15.6. The number of hydrogen-bond acceptors (Lipinski definition) is 4. The zero-order valence-electron chi connectivity index (χ0n) is 10.5. The Bertz CT molecular complexity index is 786. The number of aromatic nitrogens is 1. The number of Topliss-reactive ketones (excluding diaryl/α,β-unsaturated/α-hetero) is 1. The standard InChI is InChI=1S/C13H8Cl2N2O4/c14-8-3-4-10(15)9(6-8)12(18)7-16-5-1-2-11(13(16)19)17(20)21/h1-6H,7H2. The first-order valence-corrected chi connectivity index (χ1v) is 6.48. The highest BCUT2D eigenvalue weighted by molar-refractivity contribution is 6.35. The van der Waals surface area contributed by atoms with Crippen LogP contribution in [0.1, 0.15) is 10.4 Å². The fraction of sp³-hybridized carbons (Fsp3) is 0.0769. The Morgan fingerprint density at radius 2 is 2.00 bits per heavy atom. The van der Waals surface area contributed by atoms with E-state index in [2.05, 4.69) is 0 Å². The van der Waals surface area contributed by atoms with Crippen LogP contribution >= 0.6 is 23.2 Å². The number of nitro groups is 1. The molecule has 1 aromatic heterocycles. The zero-order valence-corrected chi connectivity index (χ0v) is 12.0. The molecule has 0 aliphatic carbocycles. The fourth-order valence-corrected chi connectivity index (χ4v) is 2.13. The van der Waals surface area contributed by atoms with Crippen molar-refractivity contribution < 1.29 is 9.72 Å². The molecule has 0 amide bonds. The van der Waals surface area contributed by atoms with E-state index >= 15 is 0 Å². The molecule has 1 heterocycles. The molecule has 0 saturated carbocycles. The van der Waals surface area contributed by atoms with E-state index in [1.54, 1.807) is 0 Å². The number of ketones is 1. The van der Waals surface area contributed by atoms with Crippen LogP contribution in [0.25, 0.3) is 0 Å². The van der Waals surface area contributed by atoms with E-state index in [9.17, 15) is 19.7 Å². The number of halogens is 2. The Hall–Kier alpha value is -2.18. The normalized spacial score (nSPS) is 10.4. The van der Waals surface area contributed by atoms with E-state index in [1.807, 2.05) is 0 Å². The van der Waals surface area contributed by atoms with Gasteiger partial charge in [-0.15, -0.1) is 0 Å². The summed E-state index contributed by atoms with van der Waals surface area (Å²) in [4.78, 5) is 33.9. The van der Waals surface area contributed by atoms with Crippen molar-refractivity contribution in [1.29, 1.82) is 0 Å². The molecule has 6 nitrogen and oxygen atoms in total. The molecule has 0 aliphatic rings. The van der Waals surface area contributed by atoms with Gasteiger partial charge in [0, 0.05) is 22.8 Å². The summed E-state index contributed by atoms with van der Waals surface area (Å²) >= 11 is 11.7. The molecule has 0 fully saturated rings. The van der Waals surface area contributed by atoms with Crippen molar-refractivity contribution in [3.63, 3.8) is 0 Å². The molecular weight excluding hydrogens is 319 g/mol. The lowest BCUT2D eigenvalue weighted by Crippen LogP contribution is -2.25. The summed E-state index contributed by atoms with van der Waals surface area (Å²) < 4.78 is 0.956. The van der Waals surface area contributed by atoms with E-state index in [0.717, 1.165) is 10.6 Å². The molecule has 0 radical (unpaired) electrons. The van der Waals surface area contributed by atoms with Crippen LogP contribution in [0.5, 0.6) is 0 Å². The van der Waals surface area contributed by atoms with Gasteiger partial charge in [0.15, 0.2) is 5.78 Å². The molecule has 0 bridgehead atoms. The van der Waals surface area contributed by atoms with Crippen molar-refractivity contribution in [2.45, 2.75) is 6.54 Å². The summed E-state index contributed by atoms with van der Waals surface area (Å²) in [5, 5.41) is 11.2. The molecule has 0 unspecified atom stereocenters. The summed E-state index contributed by atoms with van der Waals surface area (Å²) in [6.07, 6.45) is 1.30. The Kier molecular flexibility index (Phi) is 4.40. The maximum absolute atomic E-state index is 12.1. The lowest BCUT2D eigenvalue weighted by atomic mass is 10.1. The maximum Gasteiger partial charge on any atom is 0.334 e. The molecule has 2 aromatic rings. The van der Waals surface area contributed by atoms with Gasteiger partial charge in [-0.25, -0.2) is 0 Å². The van der Waals surface area contributed by atoms with Crippen molar-refractivity contribution in [3.8, 4) is 0 Å². The summed E-state index contributed by atoms with van der Waals surface area (Å²) in [6, 6.07) is 6.78. The quantitative estimate of drug-likeness (QED) is 0.491. The van der Waals surface area contributed by atoms with Gasteiger partial charge in [-0.2, -0.15) is 0 Å². The van der Waals surface area contributed by atoms with Gasteiger partial charge in [0.05, 0.1) is 16.5 Å². The average Bonchev–Trinajstić information content (AvgIpc) is 2.43. The van der Waals surface area contributed by atoms with Crippen LogP contribution in [0.4, 0.5) is 5.69 Å². The minimum atomic E-state index is -0.853. The summed E-state index contributed by atoms with van der Waals surface area (Å²) in [5.74, 6) is -0.468. The van der Waals surface area contributed by atoms with Crippen molar-refractivity contribution >= 4 is 34.7 Å². The molecule has 2 rings (SSSR count). The molecule has 0 aliphatic heterocycles. The van der Waals surface area contributed by atoms with Gasteiger partial charge in [-0.05, 0) is 24.3 Å². The molecule has 108 valence electrons. The minimum Gasteiger partial charge on any atom is -0.302 e. The molecule has 0 spiro atoms. The van der Waals surface area contributed by atoms with Gasteiger partial charge in [0.25, 0.3) is 0 Å². The van der Waals surface area contributed by atoms with Gasteiger partial charge in [0.1, 0.15) is 0 Å². The van der Waals surface area contributed by atoms with Gasteiger partial charge < -0.3 is 4.57 Å². The Morgan fingerprint density at radius 1 is 1.29 bits per heavy atom. The van der Waals surface area contributed by atoms with Crippen LogP contribution in [0.15, 0.2) is 41.3 Å². The highest BCUT2D eigenvalue weighted by Gasteiger charge is 2.17. The number of carbonyl (C=O) groups is 1. The monoisotopic (exact) mass is 326 g/mol. The number of hydrogen-bond donors (Lipinski definition) is 0. The summed E-state index contributed by atoms with van der Waals surface area (Å²) in [6.45, 7) is -0.361. The number of nitrogens with zero attached hydrogens (tertiary/aromatic N) is 2. The first kappa shape index (κ1) is 15.2. The topological polar surface area (TPSA) is 82.2 Å². The molecule has 21 heavy (non-hydrogen) atoms. The Labute approximate surface area is 128 Å². The minimum absolute atomic E-state index is 0.155. The Balaban J connectivity index is 2.37. The van der Waals surface area contributed by atoms with E-state index in [4.69, 9.17) is 23.2 Å². The summed E-state index contributed by atoms with van der Waals surface area (Å²) in [5.41, 5.74) is -1.29. The van der Waals surface area contributed by atoms with E-state index in [1.165, 1.54) is 30.5 Å². The SMILES string of the molecule is O=C(Cn1cccc([N+](=O)[O-])c1=O)c1cc(Cl)ccc1Cl. The smallest absolute Gasteiger partial charge is 0.302 e. The number of carbonyl (C=O) groups excluding carboxylic acids is 1. The van der Waals surface area contributed by atoms with Crippen LogP contribution in [0.2, 0.25) is 10.0 Å². The largest absolute Gasteiger partial charge is 0.334 e. The number of pyridine rings is 1. The first-order chi connectivity index (χ1) is 9.90. The van der Waals surface area contributed by atoms with E-state index < -0.39 is 22.0 Å². The lowest BCUT2D eigenvalue weighted by Gasteiger charge is -2.06.